The second-order valence-corrected chi connectivity index (χ2v) is 16.8. The molecule has 46 heavy (non-hydrogen) atoms. The number of rotatable bonds is 3. The van der Waals surface area contributed by atoms with Crippen LogP contribution in [0.5, 0.6) is 0 Å². The smallest absolute Gasteiger partial charge is 0.255 e. The quantitative estimate of drug-likeness (QED) is 0.417. The third-order valence-corrected chi connectivity index (χ3v) is 15.1. The van der Waals surface area contributed by atoms with E-state index in [-0.39, 0.29) is 30.0 Å². The number of aliphatic hydroxyl groups excluding tert-OH is 1. The molecule has 248 valence electrons. The summed E-state index contributed by atoms with van der Waals surface area (Å²) in [6.45, 7) is 11.3. The third-order valence-electron chi connectivity index (χ3n) is 15.1. The van der Waals surface area contributed by atoms with Crippen LogP contribution >= 0.6 is 0 Å². The Hall–Kier alpha value is -2.44. The van der Waals surface area contributed by atoms with Gasteiger partial charge in [0.2, 0.25) is 5.91 Å². The lowest BCUT2D eigenvalue weighted by Gasteiger charge is -2.62. The highest BCUT2D eigenvalue weighted by atomic mass is 16.3. The molecule has 6 heteroatoms. The molecule has 2 aliphatic heterocycles. The summed E-state index contributed by atoms with van der Waals surface area (Å²) in [4.78, 5) is 34.1. The van der Waals surface area contributed by atoms with Gasteiger partial charge >= 0.3 is 0 Å². The van der Waals surface area contributed by atoms with E-state index in [2.05, 4.69) is 25.7 Å². The molecule has 4 unspecified atom stereocenters. The van der Waals surface area contributed by atoms with E-state index in [4.69, 9.17) is 0 Å². The van der Waals surface area contributed by atoms with Crippen molar-refractivity contribution in [3.63, 3.8) is 0 Å². The number of piperazine rings is 1. The maximum absolute atomic E-state index is 14.0. The van der Waals surface area contributed by atoms with Crippen molar-refractivity contribution < 1.29 is 14.7 Å². The highest BCUT2D eigenvalue weighted by Gasteiger charge is 2.60. The average molecular weight is 626 g/mol. The van der Waals surface area contributed by atoms with Gasteiger partial charge in [-0.2, -0.15) is 0 Å². The normalized spacial score (nSPS) is 41.2. The van der Waals surface area contributed by atoms with E-state index in [9.17, 15) is 14.7 Å². The van der Waals surface area contributed by atoms with E-state index in [0.717, 1.165) is 73.2 Å². The Morgan fingerprint density at radius 1 is 0.826 bits per heavy atom. The minimum atomic E-state index is -0.382. The zero-order chi connectivity index (χ0) is 31.8. The molecule has 0 bridgehead atoms. The molecule has 2 heterocycles. The Balaban J connectivity index is 0.932. The number of hydrogen-bond acceptors (Lipinski definition) is 4. The Bertz CT molecular complexity index is 1480. The third kappa shape index (κ3) is 4.78. The van der Waals surface area contributed by atoms with E-state index >= 15 is 0 Å². The Kier molecular flexibility index (Phi) is 7.79. The molecule has 6 aliphatic rings. The number of hydrogen-bond donors (Lipinski definition) is 1. The van der Waals surface area contributed by atoms with E-state index in [1.54, 1.807) is 0 Å². The summed E-state index contributed by atoms with van der Waals surface area (Å²) in [5, 5.41) is 13.6. The van der Waals surface area contributed by atoms with Crippen LogP contribution in [0.15, 0.2) is 42.5 Å². The van der Waals surface area contributed by atoms with Crippen LogP contribution in [0.4, 0.5) is 0 Å². The number of aliphatic hydroxyl groups is 1. The number of likely N-dealkylation sites (tertiary alicyclic amines) is 1. The van der Waals surface area contributed by atoms with Crippen molar-refractivity contribution >= 4 is 22.6 Å². The molecule has 0 spiro atoms. The van der Waals surface area contributed by atoms with Crippen molar-refractivity contribution in [2.75, 3.05) is 32.7 Å². The first-order chi connectivity index (χ1) is 22.2. The highest BCUT2D eigenvalue weighted by Crippen LogP contribution is 2.67. The molecule has 10 atom stereocenters. The molecule has 2 aromatic carbocycles. The minimum absolute atomic E-state index is 0.0275. The van der Waals surface area contributed by atoms with Gasteiger partial charge in [0, 0.05) is 44.3 Å². The van der Waals surface area contributed by atoms with Crippen molar-refractivity contribution in [3.05, 3.63) is 48.0 Å². The molecule has 6 fully saturated rings. The molecular formula is C40H55N3O3. The number of carbonyl (C=O) groups is 2. The number of carbonyl (C=O) groups excluding carboxylic acids is 2. The standard InChI is InChI=1S/C40H55N3O3/c1-26-13-16-32-31-15-14-28-24-36(44)35(25-40(28,3)33(31)17-18-39(26,32)2)41-20-22-42(23-21-41)38(46)34-12-7-19-43(34)37(45)30-11-6-9-27-8-4-5-10-29(27)30/h4-6,8-11,26,28,31-36,44H,7,12-25H2,1-3H3/t26-,28?,31?,32?,33?,34-,35-,36-,39+,40-/m0/s1. The van der Waals surface area contributed by atoms with Crippen LogP contribution < -0.4 is 0 Å². The van der Waals surface area contributed by atoms with Gasteiger partial charge in [-0.1, -0.05) is 57.2 Å². The van der Waals surface area contributed by atoms with Crippen molar-refractivity contribution in [2.24, 2.45) is 40.4 Å². The van der Waals surface area contributed by atoms with Gasteiger partial charge in [-0.25, -0.2) is 0 Å². The Morgan fingerprint density at radius 2 is 1.59 bits per heavy atom. The Labute approximate surface area is 275 Å². The van der Waals surface area contributed by atoms with Crippen LogP contribution in [0.2, 0.25) is 0 Å². The molecule has 4 saturated carbocycles. The van der Waals surface area contributed by atoms with Crippen LogP contribution in [-0.2, 0) is 4.79 Å². The minimum Gasteiger partial charge on any atom is -0.391 e. The van der Waals surface area contributed by atoms with E-state index in [1.165, 1.54) is 38.5 Å². The average Bonchev–Trinajstić information content (AvgIpc) is 3.68. The molecule has 1 N–H and O–H groups in total. The lowest BCUT2D eigenvalue weighted by atomic mass is 9.44. The maximum atomic E-state index is 14.0. The fraction of sp³-hybridized carbons (Fsp3) is 0.700. The van der Waals surface area contributed by atoms with Crippen molar-refractivity contribution in [3.8, 4) is 0 Å². The predicted molar refractivity (Wildman–Crippen MR) is 182 cm³/mol. The molecule has 6 nitrogen and oxygen atoms in total. The zero-order valence-corrected chi connectivity index (χ0v) is 28.4. The van der Waals surface area contributed by atoms with E-state index in [1.807, 2.05) is 52.3 Å². The van der Waals surface area contributed by atoms with Crippen LogP contribution in [0.25, 0.3) is 10.8 Å². The zero-order valence-electron chi connectivity index (χ0n) is 28.4. The van der Waals surface area contributed by atoms with Crippen molar-refractivity contribution in [1.82, 2.24) is 14.7 Å². The van der Waals surface area contributed by atoms with Gasteiger partial charge in [0.25, 0.3) is 5.91 Å². The summed E-state index contributed by atoms with van der Waals surface area (Å²) in [5.74, 6) is 4.12. The SMILES string of the molecule is C[C@H]1CCC2C3CCC4C[C@H](O)[C@@H](N5CCN(C(=O)[C@@H]6CCCN6C(=O)c6cccc7ccccc67)CC5)C[C@]4(C)C3CC[C@@]21C. The first-order valence-corrected chi connectivity index (χ1v) is 18.7. The van der Waals surface area contributed by atoms with Gasteiger partial charge in [0.05, 0.1) is 6.10 Å². The molecule has 2 saturated heterocycles. The number of nitrogens with zero attached hydrogens (tertiary/aromatic N) is 3. The van der Waals surface area contributed by atoms with Crippen molar-refractivity contribution in [2.45, 2.75) is 103 Å². The lowest BCUT2D eigenvalue weighted by Crippen LogP contribution is -2.62. The number of benzene rings is 2. The number of amides is 2. The highest BCUT2D eigenvalue weighted by molar-refractivity contribution is 6.08. The molecule has 0 radical (unpaired) electrons. The summed E-state index contributed by atoms with van der Waals surface area (Å²) in [7, 11) is 0. The molecule has 0 aromatic heterocycles. The van der Waals surface area contributed by atoms with Gasteiger partial charge in [0.15, 0.2) is 0 Å². The van der Waals surface area contributed by atoms with E-state index < -0.39 is 0 Å². The van der Waals surface area contributed by atoms with Gasteiger partial charge < -0.3 is 14.9 Å². The fourth-order valence-corrected chi connectivity index (χ4v) is 12.2. The molecule has 4 aliphatic carbocycles. The molecule has 2 amide bonds. The summed E-state index contributed by atoms with van der Waals surface area (Å²) in [6.07, 6.45) is 11.6. The van der Waals surface area contributed by atoms with Gasteiger partial charge in [0.1, 0.15) is 6.04 Å². The predicted octanol–water partition coefficient (Wildman–Crippen LogP) is 6.61. The summed E-state index contributed by atoms with van der Waals surface area (Å²) < 4.78 is 0. The molecular weight excluding hydrogens is 570 g/mol. The second-order valence-electron chi connectivity index (χ2n) is 16.8. The monoisotopic (exact) mass is 625 g/mol. The lowest BCUT2D eigenvalue weighted by molar-refractivity contribution is -0.153. The Morgan fingerprint density at radius 3 is 2.41 bits per heavy atom. The first-order valence-electron chi connectivity index (χ1n) is 18.7. The van der Waals surface area contributed by atoms with Crippen LogP contribution in [0, 0.1) is 40.4 Å². The first kappa shape index (κ1) is 30.9. The fourth-order valence-electron chi connectivity index (χ4n) is 12.2. The van der Waals surface area contributed by atoms with Gasteiger partial charge in [-0.3, -0.25) is 14.5 Å². The van der Waals surface area contributed by atoms with Crippen LogP contribution in [0.1, 0.15) is 95.3 Å². The van der Waals surface area contributed by atoms with Gasteiger partial charge in [-0.15, -0.1) is 0 Å². The van der Waals surface area contributed by atoms with Crippen molar-refractivity contribution in [1.29, 1.82) is 0 Å². The van der Waals surface area contributed by atoms with Crippen LogP contribution in [0.3, 0.4) is 0 Å². The summed E-state index contributed by atoms with van der Waals surface area (Å²) >= 11 is 0. The second kappa shape index (κ2) is 11.6. The molecule has 2 aromatic rings. The summed E-state index contributed by atoms with van der Waals surface area (Å²) in [5.41, 5.74) is 1.53. The number of fused-ring (bicyclic) bond motifs is 6. The van der Waals surface area contributed by atoms with Gasteiger partial charge in [-0.05, 0) is 121 Å². The van der Waals surface area contributed by atoms with Crippen LogP contribution in [-0.4, -0.2) is 82.5 Å². The topological polar surface area (TPSA) is 64.1 Å². The largest absolute Gasteiger partial charge is 0.391 e. The summed E-state index contributed by atoms with van der Waals surface area (Å²) in [6, 6.07) is 13.7. The molecule has 8 rings (SSSR count). The maximum Gasteiger partial charge on any atom is 0.255 e. The van der Waals surface area contributed by atoms with E-state index in [0.29, 0.717) is 41.9 Å².